The standard InChI is InChI=1S/C18H20ClNO4/c1-11(2)24-18-12(6-13(19)7-17(18)21-3)9-20-14-4-5-15-16(8-14)23-10-22-15/h4-8,11,20H,9-10H2,1-3H3. The Morgan fingerprint density at radius 1 is 1.17 bits per heavy atom. The van der Waals surface area contributed by atoms with Crippen molar-refractivity contribution < 1.29 is 18.9 Å². The molecule has 0 aliphatic carbocycles. The molecular weight excluding hydrogens is 330 g/mol. The molecule has 2 aromatic rings. The van der Waals surface area contributed by atoms with Crippen molar-refractivity contribution in [3.8, 4) is 23.0 Å². The molecule has 0 fully saturated rings. The molecule has 1 heterocycles. The van der Waals surface area contributed by atoms with Gasteiger partial charge in [-0.2, -0.15) is 0 Å². The van der Waals surface area contributed by atoms with E-state index in [9.17, 15) is 0 Å². The lowest BCUT2D eigenvalue weighted by atomic mass is 10.1. The molecule has 0 saturated heterocycles. The van der Waals surface area contributed by atoms with Gasteiger partial charge < -0.3 is 24.3 Å². The third-order valence-corrected chi connectivity index (χ3v) is 3.74. The second-order valence-electron chi connectivity index (χ2n) is 5.68. The van der Waals surface area contributed by atoms with E-state index in [4.69, 9.17) is 30.5 Å². The first kappa shape index (κ1) is 16.6. The van der Waals surface area contributed by atoms with Crippen molar-refractivity contribution in [2.24, 2.45) is 0 Å². The van der Waals surface area contributed by atoms with Gasteiger partial charge in [0.2, 0.25) is 6.79 Å². The minimum atomic E-state index is 0.0318. The van der Waals surface area contributed by atoms with Crippen molar-refractivity contribution >= 4 is 17.3 Å². The van der Waals surface area contributed by atoms with Crippen LogP contribution in [0.1, 0.15) is 19.4 Å². The van der Waals surface area contributed by atoms with Gasteiger partial charge >= 0.3 is 0 Å². The van der Waals surface area contributed by atoms with Gasteiger partial charge in [0.1, 0.15) is 0 Å². The summed E-state index contributed by atoms with van der Waals surface area (Å²) in [5.41, 5.74) is 1.85. The van der Waals surface area contributed by atoms with Crippen molar-refractivity contribution in [3.05, 3.63) is 40.9 Å². The van der Waals surface area contributed by atoms with Gasteiger partial charge in [0.05, 0.1) is 13.2 Å². The number of anilines is 1. The first-order valence-corrected chi connectivity index (χ1v) is 8.11. The second kappa shape index (κ2) is 7.09. The molecule has 0 amide bonds. The van der Waals surface area contributed by atoms with Crippen LogP contribution < -0.4 is 24.3 Å². The zero-order chi connectivity index (χ0) is 17.1. The molecule has 1 aliphatic heterocycles. The summed E-state index contributed by atoms with van der Waals surface area (Å²) in [6.07, 6.45) is 0.0318. The number of hydrogen-bond donors (Lipinski definition) is 1. The Labute approximate surface area is 146 Å². The summed E-state index contributed by atoms with van der Waals surface area (Å²) >= 11 is 6.20. The van der Waals surface area contributed by atoms with Crippen LogP contribution in [0.2, 0.25) is 5.02 Å². The first-order valence-electron chi connectivity index (χ1n) is 7.73. The number of halogens is 1. The van der Waals surface area contributed by atoms with Gasteiger partial charge in [0, 0.05) is 35.0 Å². The molecule has 0 atom stereocenters. The predicted octanol–water partition coefficient (Wildman–Crippen LogP) is 4.48. The fourth-order valence-corrected chi connectivity index (χ4v) is 2.71. The maximum absolute atomic E-state index is 6.20. The van der Waals surface area contributed by atoms with Crippen molar-refractivity contribution in [2.75, 3.05) is 19.2 Å². The van der Waals surface area contributed by atoms with Gasteiger partial charge in [-0.25, -0.2) is 0 Å². The zero-order valence-electron chi connectivity index (χ0n) is 13.9. The number of nitrogens with one attached hydrogen (secondary N) is 1. The van der Waals surface area contributed by atoms with Gasteiger partial charge in [-0.05, 0) is 32.0 Å². The topological polar surface area (TPSA) is 49.0 Å². The zero-order valence-corrected chi connectivity index (χ0v) is 14.6. The van der Waals surface area contributed by atoms with Crippen LogP contribution in [0.4, 0.5) is 5.69 Å². The maximum atomic E-state index is 6.20. The molecule has 3 rings (SSSR count). The molecule has 5 nitrogen and oxygen atoms in total. The lowest BCUT2D eigenvalue weighted by Gasteiger charge is -2.18. The van der Waals surface area contributed by atoms with E-state index in [1.807, 2.05) is 38.1 Å². The molecule has 0 unspecified atom stereocenters. The van der Waals surface area contributed by atoms with E-state index < -0.39 is 0 Å². The van der Waals surface area contributed by atoms with Gasteiger partial charge in [0.25, 0.3) is 0 Å². The summed E-state index contributed by atoms with van der Waals surface area (Å²) in [5.74, 6) is 2.82. The van der Waals surface area contributed by atoms with Gasteiger partial charge in [-0.15, -0.1) is 0 Å². The molecule has 2 aromatic carbocycles. The molecule has 0 saturated carbocycles. The number of methoxy groups -OCH3 is 1. The summed E-state index contributed by atoms with van der Waals surface area (Å²) in [7, 11) is 1.61. The Morgan fingerprint density at radius 2 is 1.96 bits per heavy atom. The lowest BCUT2D eigenvalue weighted by molar-refractivity contribution is 0.174. The minimum Gasteiger partial charge on any atom is -0.493 e. The van der Waals surface area contributed by atoms with Gasteiger partial charge in [-0.1, -0.05) is 11.6 Å². The third kappa shape index (κ3) is 3.62. The van der Waals surface area contributed by atoms with Crippen molar-refractivity contribution in [1.82, 2.24) is 0 Å². The maximum Gasteiger partial charge on any atom is 0.231 e. The number of hydrogen-bond acceptors (Lipinski definition) is 5. The van der Waals surface area contributed by atoms with Gasteiger partial charge in [0.15, 0.2) is 23.0 Å². The van der Waals surface area contributed by atoms with Crippen LogP contribution in [0.3, 0.4) is 0 Å². The summed E-state index contributed by atoms with van der Waals surface area (Å²) in [5, 5.41) is 3.96. The largest absolute Gasteiger partial charge is 0.493 e. The molecule has 0 radical (unpaired) electrons. The fraction of sp³-hybridized carbons (Fsp3) is 0.333. The monoisotopic (exact) mass is 349 g/mol. The Bertz CT molecular complexity index is 733. The van der Waals surface area contributed by atoms with Crippen LogP contribution in [0.5, 0.6) is 23.0 Å². The van der Waals surface area contributed by atoms with Crippen molar-refractivity contribution in [3.63, 3.8) is 0 Å². The molecule has 24 heavy (non-hydrogen) atoms. The molecule has 0 spiro atoms. The van der Waals surface area contributed by atoms with E-state index in [0.717, 1.165) is 22.7 Å². The Kier molecular flexibility index (Phi) is 4.90. The van der Waals surface area contributed by atoms with Crippen LogP contribution in [0.15, 0.2) is 30.3 Å². The van der Waals surface area contributed by atoms with Crippen LogP contribution in [0, 0.1) is 0 Å². The van der Waals surface area contributed by atoms with Crippen LogP contribution in [0.25, 0.3) is 0 Å². The second-order valence-corrected chi connectivity index (χ2v) is 6.12. The molecule has 128 valence electrons. The summed E-state index contributed by atoms with van der Waals surface area (Å²) in [6.45, 7) is 4.75. The molecule has 0 aromatic heterocycles. The predicted molar refractivity (Wildman–Crippen MR) is 93.7 cm³/mol. The van der Waals surface area contributed by atoms with Crippen molar-refractivity contribution in [2.45, 2.75) is 26.5 Å². The Hall–Kier alpha value is -2.27. The van der Waals surface area contributed by atoms with E-state index in [-0.39, 0.29) is 12.9 Å². The average Bonchev–Trinajstić information content (AvgIpc) is 3.01. The van der Waals surface area contributed by atoms with E-state index >= 15 is 0 Å². The smallest absolute Gasteiger partial charge is 0.231 e. The molecule has 1 aliphatic rings. The summed E-state index contributed by atoms with van der Waals surface area (Å²) in [6, 6.07) is 9.37. The number of rotatable bonds is 6. The first-order chi connectivity index (χ1) is 11.6. The molecule has 0 bridgehead atoms. The third-order valence-electron chi connectivity index (χ3n) is 3.53. The highest BCUT2D eigenvalue weighted by molar-refractivity contribution is 6.30. The van der Waals surface area contributed by atoms with E-state index in [0.29, 0.717) is 23.1 Å². The lowest BCUT2D eigenvalue weighted by Crippen LogP contribution is -2.10. The van der Waals surface area contributed by atoms with E-state index in [1.165, 1.54) is 0 Å². The summed E-state index contributed by atoms with van der Waals surface area (Å²) < 4.78 is 22.0. The Balaban J connectivity index is 1.82. The van der Waals surface area contributed by atoms with Crippen molar-refractivity contribution in [1.29, 1.82) is 0 Å². The molecule has 6 heteroatoms. The number of fused-ring (bicyclic) bond motifs is 1. The van der Waals surface area contributed by atoms with E-state index in [2.05, 4.69) is 5.32 Å². The normalized spacial score (nSPS) is 12.4. The average molecular weight is 350 g/mol. The number of ether oxygens (including phenoxy) is 4. The van der Waals surface area contributed by atoms with Crippen LogP contribution in [-0.4, -0.2) is 20.0 Å². The van der Waals surface area contributed by atoms with Crippen LogP contribution in [-0.2, 0) is 6.54 Å². The van der Waals surface area contributed by atoms with Crippen LogP contribution >= 0.6 is 11.6 Å². The highest BCUT2D eigenvalue weighted by Crippen LogP contribution is 2.37. The van der Waals surface area contributed by atoms with Gasteiger partial charge in [-0.3, -0.25) is 0 Å². The van der Waals surface area contributed by atoms with E-state index in [1.54, 1.807) is 13.2 Å². The highest BCUT2D eigenvalue weighted by atomic mass is 35.5. The highest BCUT2D eigenvalue weighted by Gasteiger charge is 2.16. The minimum absolute atomic E-state index is 0.0318. The summed E-state index contributed by atoms with van der Waals surface area (Å²) in [4.78, 5) is 0. The number of benzene rings is 2. The SMILES string of the molecule is COc1cc(Cl)cc(CNc2ccc3c(c2)OCO3)c1OC(C)C. The fourth-order valence-electron chi connectivity index (χ4n) is 2.48. The molecular formula is C18H20ClNO4. The Morgan fingerprint density at radius 3 is 2.71 bits per heavy atom. The molecule has 1 N–H and O–H groups in total. The quantitative estimate of drug-likeness (QED) is 0.833.